The molecule has 0 heterocycles. The molecule has 1 rings (SSSR count). The van der Waals surface area contributed by atoms with Crippen LogP contribution in [0.5, 0.6) is 0 Å². The van der Waals surface area contributed by atoms with Gasteiger partial charge in [0.2, 0.25) is 5.91 Å². The molecule has 0 aromatic heterocycles. The molecule has 0 aliphatic carbocycles. The van der Waals surface area contributed by atoms with Crippen LogP contribution in [0.25, 0.3) is 0 Å². The van der Waals surface area contributed by atoms with Gasteiger partial charge in [0.25, 0.3) is 0 Å². The molecule has 0 fully saturated rings. The number of carbonyl (C=O) groups excluding carboxylic acids is 1. The molecule has 0 aliphatic heterocycles. The largest absolute Gasteiger partial charge is 0.324 e. The first-order valence-electron chi connectivity index (χ1n) is 5.85. The Balaban J connectivity index is 0.00000289. The van der Waals surface area contributed by atoms with Crippen molar-refractivity contribution in [2.45, 2.75) is 40.7 Å². The molecule has 18 heavy (non-hydrogen) atoms. The second-order valence-electron chi connectivity index (χ2n) is 5.65. The number of aryl methyl sites for hydroxylation is 2. The summed E-state index contributed by atoms with van der Waals surface area (Å²) in [5, 5.41) is 2.89. The van der Waals surface area contributed by atoms with E-state index in [0.717, 1.165) is 16.8 Å². The van der Waals surface area contributed by atoms with E-state index in [1.807, 2.05) is 52.8 Å². The van der Waals surface area contributed by atoms with Crippen molar-refractivity contribution in [2.75, 3.05) is 5.32 Å². The quantitative estimate of drug-likeness (QED) is 0.868. The maximum Gasteiger partial charge on any atom is 0.241 e. The minimum absolute atomic E-state index is 0. The molecule has 102 valence electrons. The third-order valence-corrected chi connectivity index (χ3v) is 2.87. The van der Waals surface area contributed by atoms with Crippen molar-refractivity contribution >= 4 is 24.0 Å². The van der Waals surface area contributed by atoms with E-state index < -0.39 is 6.04 Å². The average molecular weight is 271 g/mol. The highest BCUT2D eigenvalue weighted by atomic mass is 35.5. The number of hydrogen-bond acceptors (Lipinski definition) is 2. The minimum Gasteiger partial charge on any atom is -0.324 e. The lowest BCUT2D eigenvalue weighted by Gasteiger charge is -2.26. The third kappa shape index (κ3) is 4.31. The molecular formula is C14H23ClN2O. The third-order valence-electron chi connectivity index (χ3n) is 2.87. The standard InChI is InChI=1S/C14H22N2O.ClH/c1-9-6-7-10(2)11(8-9)16-13(17)12(15)14(3,4)5;/h6-8,12H,15H2,1-5H3,(H,16,17);1H/t12-;/m1./s1. The van der Waals surface area contributed by atoms with Crippen LogP contribution in [-0.2, 0) is 4.79 Å². The molecule has 0 spiro atoms. The second-order valence-corrected chi connectivity index (χ2v) is 5.65. The normalized spacial score (nSPS) is 12.6. The number of anilines is 1. The van der Waals surface area contributed by atoms with Gasteiger partial charge in [-0.25, -0.2) is 0 Å². The number of benzene rings is 1. The number of hydrogen-bond donors (Lipinski definition) is 2. The average Bonchev–Trinajstić information content (AvgIpc) is 2.21. The zero-order valence-electron chi connectivity index (χ0n) is 11.7. The maximum atomic E-state index is 12.0. The van der Waals surface area contributed by atoms with E-state index >= 15 is 0 Å². The van der Waals surface area contributed by atoms with Crippen LogP contribution in [0, 0.1) is 19.3 Å². The lowest BCUT2D eigenvalue weighted by Crippen LogP contribution is -2.45. The molecule has 1 aromatic rings. The first kappa shape index (κ1) is 16.9. The van der Waals surface area contributed by atoms with Gasteiger partial charge in [-0.15, -0.1) is 12.4 Å². The fraction of sp³-hybridized carbons (Fsp3) is 0.500. The Kier molecular flexibility index (Phi) is 5.84. The van der Waals surface area contributed by atoms with Crippen LogP contribution in [0.15, 0.2) is 18.2 Å². The number of carbonyl (C=O) groups is 1. The minimum atomic E-state index is -0.512. The molecule has 1 aromatic carbocycles. The first-order chi connectivity index (χ1) is 7.71. The maximum absolute atomic E-state index is 12.0. The summed E-state index contributed by atoms with van der Waals surface area (Å²) in [4.78, 5) is 12.0. The van der Waals surface area contributed by atoms with Crippen LogP contribution in [0.1, 0.15) is 31.9 Å². The molecule has 3 nitrogen and oxygen atoms in total. The molecule has 0 saturated carbocycles. The van der Waals surface area contributed by atoms with E-state index in [9.17, 15) is 4.79 Å². The SMILES string of the molecule is Cc1ccc(C)c(NC(=O)[C@@H](N)C(C)(C)C)c1.Cl. The Labute approximate surface area is 116 Å². The molecule has 0 aliphatic rings. The molecular weight excluding hydrogens is 248 g/mol. The summed E-state index contributed by atoms with van der Waals surface area (Å²) >= 11 is 0. The molecule has 1 atom stereocenters. The van der Waals surface area contributed by atoms with Crippen LogP contribution >= 0.6 is 12.4 Å². The predicted molar refractivity (Wildman–Crippen MR) is 79.2 cm³/mol. The summed E-state index contributed by atoms with van der Waals surface area (Å²) in [6.07, 6.45) is 0. The van der Waals surface area contributed by atoms with Gasteiger partial charge in [-0.2, -0.15) is 0 Å². The van der Waals surface area contributed by atoms with E-state index in [-0.39, 0.29) is 23.7 Å². The summed E-state index contributed by atoms with van der Waals surface area (Å²) in [6.45, 7) is 9.84. The number of nitrogens with two attached hydrogens (primary N) is 1. The molecule has 0 saturated heterocycles. The predicted octanol–water partition coefficient (Wildman–Crippen LogP) is 3.04. The fourth-order valence-electron chi connectivity index (χ4n) is 1.47. The fourth-order valence-corrected chi connectivity index (χ4v) is 1.47. The van der Waals surface area contributed by atoms with Gasteiger partial charge < -0.3 is 11.1 Å². The van der Waals surface area contributed by atoms with Crippen LogP contribution in [-0.4, -0.2) is 11.9 Å². The zero-order chi connectivity index (χ0) is 13.2. The van der Waals surface area contributed by atoms with Crippen LogP contribution in [0.4, 0.5) is 5.69 Å². The summed E-state index contributed by atoms with van der Waals surface area (Å²) in [7, 11) is 0. The van der Waals surface area contributed by atoms with Gasteiger partial charge in [0, 0.05) is 5.69 Å². The van der Waals surface area contributed by atoms with Crippen LogP contribution < -0.4 is 11.1 Å². The summed E-state index contributed by atoms with van der Waals surface area (Å²) in [5.41, 5.74) is 8.69. The van der Waals surface area contributed by atoms with Crippen molar-refractivity contribution in [3.8, 4) is 0 Å². The van der Waals surface area contributed by atoms with E-state index in [1.165, 1.54) is 0 Å². The van der Waals surface area contributed by atoms with E-state index in [2.05, 4.69) is 5.32 Å². The number of rotatable bonds is 2. The monoisotopic (exact) mass is 270 g/mol. The van der Waals surface area contributed by atoms with Crippen molar-refractivity contribution in [2.24, 2.45) is 11.1 Å². The highest BCUT2D eigenvalue weighted by molar-refractivity contribution is 5.95. The Bertz CT molecular complexity index is 424. The smallest absolute Gasteiger partial charge is 0.241 e. The molecule has 0 unspecified atom stereocenters. The van der Waals surface area contributed by atoms with E-state index in [1.54, 1.807) is 0 Å². The number of halogens is 1. The lowest BCUT2D eigenvalue weighted by molar-refractivity contribution is -0.119. The topological polar surface area (TPSA) is 55.1 Å². The van der Waals surface area contributed by atoms with Crippen LogP contribution in [0.2, 0.25) is 0 Å². The van der Waals surface area contributed by atoms with Gasteiger partial charge in [-0.3, -0.25) is 4.79 Å². The summed E-state index contributed by atoms with van der Waals surface area (Å²) in [6, 6.07) is 5.47. The van der Waals surface area contributed by atoms with E-state index in [4.69, 9.17) is 5.73 Å². The van der Waals surface area contributed by atoms with Gasteiger partial charge in [-0.1, -0.05) is 32.9 Å². The van der Waals surface area contributed by atoms with Crippen LogP contribution in [0.3, 0.4) is 0 Å². The van der Waals surface area contributed by atoms with Crippen molar-refractivity contribution in [1.82, 2.24) is 0 Å². The molecule has 3 N–H and O–H groups in total. The number of amides is 1. The van der Waals surface area contributed by atoms with Crippen molar-refractivity contribution < 1.29 is 4.79 Å². The highest BCUT2D eigenvalue weighted by Gasteiger charge is 2.27. The lowest BCUT2D eigenvalue weighted by atomic mass is 9.87. The van der Waals surface area contributed by atoms with Crippen molar-refractivity contribution in [3.05, 3.63) is 29.3 Å². The Morgan fingerprint density at radius 3 is 2.33 bits per heavy atom. The van der Waals surface area contributed by atoms with Gasteiger partial charge in [0.15, 0.2) is 0 Å². The van der Waals surface area contributed by atoms with Gasteiger partial charge in [-0.05, 0) is 36.5 Å². The van der Waals surface area contributed by atoms with Gasteiger partial charge in [0.1, 0.15) is 0 Å². The highest BCUT2D eigenvalue weighted by Crippen LogP contribution is 2.21. The number of nitrogens with one attached hydrogen (secondary N) is 1. The zero-order valence-corrected chi connectivity index (χ0v) is 12.5. The van der Waals surface area contributed by atoms with Gasteiger partial charge >= 0.3 is 0 Å². The van der Waals surface area contributed by atoms with Crippen molar-refractivity contribution in [3.63, 3.8) is 0 Å². The summed E-state index contributed by atoms with van der Waals surface area (Å²) in [5.74, 6) is -0.133. The molecule has 1 amide bonds. The molecule has 0 bridgehead atoms. The Hall–Kier alpha value is -1.06. The molecule has 4 heteroatoms. The Morgan fingerprint density at radius 2 is 1.83 bits per heavy atom. The van der Waals surface area contributed by atoms with Crippen molar-refractivity contribution in [1.29, 1.82) is 0 Å². The Morgan fingerprint density at radius 1 is 1.28 bits per heavy atom. The van der Waals surface area contributed by atoms with Gasteiger partial charge in [0.05, 0.1) is 6.04 Å². The summed E-state index contributed by atoms with van der Waals surface area (Å²) < 4.78 is 0. The first-order valence-corrected chi connectivity index (χ1v) is 5.85. The second kappa shape index (κ2) is 6.21. The van der Waals surface area contributed by atoms with E-state index in [0.29, 0.717) is 0 Å². The molecule has 0 radical (unpaired) electrons.